The molecule has 0 fully saturated rings. The lowest BCUT2D eigenvalue weighted by Crippen LogP contribution is -2.32. The molecule has 0 aliphatic rings. The smallest absolute Gasteiger partial charge is 0.233 e. The fraction of sp³-hybridized carbons (Fsp3) is 0.136. The van der Waals surface area contributed by atoms with Gasteiger partial charge in [0.1, 0.15) is 5.75 Å². The lowest BCUT2D eigenvalue weighted by atomic mass is 10.1. The van der Waals surface area contributed by atoms with Crippen molar-refractivity contribution in [3.63, 3.8) is 0 Å². The Bertz CT molecular complexity index is 1080. The molecule has 2 heterocycles. The van der Waals surface area contributed by atoms with E-state index in [0.29, 0.717) is 18.1 Å². The highest BCUT2D eigenvalue weighted by Crippen LogP contribution is 2.32. The molecule has 0 aliphatic heterocycles. The van der Waals surface area contributed by atoms with Crippen LogP contribution in [0.15, 0.2) is 72.9 Å². The summed E-state index contributed by atoms with van der Waals surface area (Å²) in [6.45, 7) is 0.378. The number of rotatable bonds is 6. The number of methoxy groups -OCH3 is 1. The van der Waals surface area contributed by atoms with Crippen LogP contribution in [0.25, 0.3) is 10.2 Å². The zero-order valence-electron chi connectivity index (χ0n) is 15.4. The molecule has 0 aliphatic carbocycles. The summed E-state index contributed by atoms with van der Waals surface area (Å²) in [6.07, 6.45) is 2.05. The zero-order valence-corrected chi connectivity index (χ0v) is 16.2. The quantitative estimate of drug-likeness (QED) is 0.488. The molecular formula is C22H19N3O2S. The molecule has 1 amide bonds. The first-order valence-corrected chi connectivity index (χ1v) is 9.73. The maximum absolute atomic E-state index is 13.2. The summed E-state index contributed by atoms with van der Waals surface area (Å²) in [5.74, 6) is 0.762. The van der Waals surface area contributed by atoms with Crippen LogP contribution in [0.3, 0.4) is 0 Å². The monoisotopic (exact) mass is 389 g/mol. The second-order valence-electron chi connectivity index (χ2n) is 6.29. The maximum Gasteiger partial charge on any atom is 0.233 e. The minimum absolute atomic E-state index is 0.0112. The first-order valence-electron chi connectivity index (χ1n) is 8.92. The molecule has 4 aromatic rings. The van der Waals surface area contributed by atoms with Crippen molar-refractivity contribution in [2.45, 2.75) is 13.0 Å². The molecule has 5 nitrogen and oxygen atoms in total. The molecular weight excluding hydrogens is 370 g/mol. The topological polar surface area (TPSA) is 55.3 Å². The van der Waals surface area contributed by atoms with Gasteiger partial charge in [0.15, 0.2) is 5.13 Å². The summed E-state index contributed by atoms with van der Waals surface area (Å²) >= 11 is 1.48. The first-order chi connectivity index (χ1) is 13.7. The van der Waals surface area contributed by atoms with Gasteiger partial charge in [-0.3, -0.25) is 14.7 Å². The number of fused-ring (bicyclic) bond motifs is 1. The van der Waals surface area contributed by atoms with Crippen LogP contribution in [0.1, 0.15) is 11.3 Å². The number of nitrogens with zero attached hydrogens (tertiary/aromatic N) is 3. The van der Waals surface area contributed by atoms with E-state index in [4.69, 9.17) is 4.74 Å². The normalized spacial score (nSPS) is 10.8. The Morgan fingerprint density at radius 2 is 1.89 bits per heavy atom. The van der Waals surface area contributed by atoms with Crippen LogP contribution in [0.5, 0.6) is 5.75 Å². The van der Waals surface area contributed by atoms with Gasteiger partial charge in [-0.15, -0.1) is 0 Å². The number of anilines is 1. The Balaban J connectivity index is 1.68. The van der Waals surface area contributed by atoms with Crippen molar-refractivity contribution < 1.29 is 9.53 Å². The van der Waals surface area contributed by atoms with Crippen LogP contribution in [-0.2, 0) is 17.8 Å². The molecule has 0 saturated carbocycles. The third-order valence-electron chi connectivity index (χ3n) is 4.36. The second-order valence-corrected chi connectivity index (χ2v) is 7.30. The van der Waals surface area contributed by atoms with Crippen LogP contribution < -0.4 is 9.64 Å². The molecule has 2 aromatic carbocycles. The number of hydrogen-bond donors (Lipinski definition) is 0. The minimum Gasteiger partial charge on any atom is -0.497 e. The van der Waals surface area contributed by atoms with E-state index in [1.54, 1.807) is 18.2 Å². The highest BCUT2D eigenvalue weighted by atomic mass is 32.1. The van der Waals surface area contributed by atoms with E-state index < -0.39 is 0 Å². The van der Waals surface area contributed by atoms with E-state index in [2.05, 4.69) is 9.97 Å². The number of pyridine rings is 1. The van der Waals surface area contributed by atoms with Gasteiger partial charge in [0.05, 0.1) is 36.0 Å². The molecule has 0 atom stereocenters. The summed E-state index contributed by atoms with van der Waals surface area (Å²) in [4.78, 5) is 23.9. The lowest BCUT2D eigenvalue weighted by molar-refractivity contribution is -0.118. The van der Waals surface area contributed by atoms with Crippen molar-refractivity contribution in [1.29, 1.82) is 0 Å². The van der Waals surface area contributed by atoms with Crippen molar-refractivity contribution in [1.82, 2.24) is 9.97 Å². The summed E-state index contributed by atoms with van der Waals surface area (Å²) in [5, 5.41) is 0.662. The second kappa shape index (κ2) is 8.19. The molecule has 2 aromatic heterocycles. The number of benzene rings is 2. The van der Waals surface area contributed by atoms with Crippen molar-refractivity contribution in [3.8, 4) is 5.75 Å². The number of ether oxygens (including phenoxy) is 1. The van der Waals surface area contributed by atoms with Crippen LogP contribution in [0.2, 0.25) is 0 Å². The lowest BCUT2D eigenvalue weighted by Gasteiger charge is -2.19. The largest absolute Gasteiger partial charge is 0.497 e. The van der Waals surface area contributed by atoms with Crippen LogP contribution in [0.4, 0.5) is 5.13 Å². The zero-order chi connectivity index (χ0) is 19.3. The van der Waals surface area contributed by atoms with Gasteiger partial charge in [0.25, 0.3) is 0 Å². The maximum atomic E-state index is 13.2. The number of hydrogen-bond acceptors (Lipinski definition) is 5. The predicted octanol–water partition coefficient (Wildman–Crippen LogP) is 4.48. The molecule has 140 valence electrons. The van der Waals surface area contributed by atoms with Gasteiger partial charge in [0, 0.05) is 6.20 Å². The third-order valence-corrected chi connectivity index (χ3v) is 5.40. The number of carbonyl (C=O) groups is 1. The Labute approximate surface area is 167 Å². The van der Waals surface area contributed by atoms with Crippen LogP contribution >= 0.6 is 11.3 Å². The number of carbonyl (C=O) groups excluding carboxylic acids is 1. The molecule has 0 spiro atoms. The van der Waals surface area contributed by atoms with Crippen molar-refractivity contribution >= 4 is 32.6 Å². The minimum atomic E-state index is -0.0112. The molecule has 28 heavy (non-hydrogen) atoms. The Kier molecular flexibility index (Phi) is 5.30. The van der Waals surface area contributed by atoms with E-state index >= 15 is 0 Å². The fourth-order valence-electron chi connectivity index (χ4n) is 2.92. The third kappa shape index (κ3) is 4.02. The standard InChI is InChI=1S/C22H19N3O2S/c1-27-18-10-11-19-20(14-18)28-22(24-19)25(15-17-9-5-6-12-23-17)21(26)13-16-7-3-2-4-8-16/h2-12,14H,13,15H2,1H3. The van der Waals surface area contributed by atoms with Crippen LogP contribution in [-0.4, -0.2) is 23.0 Å². The molecule has 4 rings (SSSR count). The van der Waals surface area contributed by atoms with Crippen LogP contribution in [0, 0.1) is 0 Å². The van der Waals surface area contributed by atoms with Crippen molar-refractivity contribution in [2.75, 3.05) is 12.0 Å². The van der Waals surface area contributed by atoms with E-state index in [-0.39, 0.29) is 5.91 Å². The average molecular weight is 389 g/mol. The SMILES string of the molecule is COc1ccc2nc(N(Cc3ccccn3)C(=O)Cc3ccccc3)sc2c1. The summed E-state index contributed by atoms with van der Waals surface area (Å²) < 4.78 is 6.28. The Hall–Kier alpha value is -3.25. The highest BCUT2D eigenvalue weighted by molar-refractivity contribution is 7.22. The van der Waals surface area contributed by atoms with Gasteiger partial charge in [-0.25, -0.2) is 4.98 Å². The summed E-state index contributed by atoms with van der Waals surface area (Å²) in [5.41, 5.74) is 2.64. The summed E-state index contributed by atoms with van der Waals surface area (Å²) in [7, 11) is 1.64. The predicted molar refractivity (Wildman–Crippen MR) is 112 cm³/mol. The van der Waals surface area contributed by atoms with Gasteiger partial charge >= 0.3 is 0 Å². The number of thiazole rings is 1. The van der Waals surface area contributed by atoms with Crippen molar-refractivity contribution in [3.05, 3.63) is 84.2 Å². The Morgan fingerprint density at radius 3 is 2.64 bits per heavy atom. The first kappa shape index (κ1) is 18.1. The van der Waals surface area contributed by atoms with E-state index in [1.807, 2.05) is 66.7 Å². The molecule has 0 unspecified atom stereocenters. The number of aromatic nitrogens is 2. The van der Waals surface area contributed by atoms with Gasteiger partial charge in [-0.2, -0.15) is 0 Å². The molecule has 0 saturated heterocycles. The van der Waals surface area contributed by atoms with Gasteiger partial charge in [-0.05, 0) is 35.9 Å². The van der Waals surface area contributed by atoms with E-state index in [1.165, 1.54) is 11.3 Å². The molecule has 0 N–H and O–H groups in total. The van der Waals surface area contributed by atoms with Gasteiger partial charge < -0.3 is 4.74 Å². The molecule has 6 heteroatoms. The fourth-order valence-corrected chi connectivity index (χ4v) is 3.93. The number of amides is 1. The van der Waals surface area contributed by atoms with Crippen molar-refractivity contribution in [2.24, 2.45) is 0 Å². The average Bonchev–Trinajstić information content (AvgIpc) is 3.16. The Morgan fingerprint density at radius 1 is 1.07 bits per heavy atom. The highest BCUT2D eigenvalue weighted by Gasteiger charge is 2.21. The van der Waals surface area contributed by atoms with Gasteiger partial charge in [-0.1, -0.05) is 47.7 Å². The van der Waals surface area contributed by atoms with Gasteiger partial charge in [0.2, 0.25) is 5.91 Å². The molecule has 0 bridgehead atoms. The van der Waals surface area contributed by atoms with E-state index in [0.717, 1.165) is 27.2 Å². The van der Waals surface area contributed by atoms with E-state index in [9.17, 15) is 4.79 Å². The molecule has 0 radical (unpaired) electrons. The summed E-state index contributed by atoms with van der Waals surface area (Å²) in [6, 6.07) is 21.2.